The topological polar surface area (TPSA) is 127 Å². The lowest BCUT2D eigenvalue weighted by atomic mass is 9.83. The summed E-state index contributed by atoms with van der Waals surface area (Å²) in [6.45, 7) is 0.553. The molecule has 2 heterocycles. The predicted molar refractivity (Wildman–Crippen MR) is 101 cm³/mol. The number of primary amides is 1. The van der Waals surface area contributed by atoms with E-state index in [2.05, 4.69) is 16.0 Å². The first-order chi connectivity index (χ1) is 13.6. The second kappa shape index (κ2) is 9.27. The Balaban J connectivity index is 1.73. The van der Waals surface area contributed by atoms with E-state index in [0.717, 1.165) is 30.6 Å². The lowest BCUT2D eigenvalue weighted by Crippen LogP contribution is -2.18. The van der Waals surface area contributed by atoms with E-state index < -0.39 is 5.91 Å². The number of hydrogen-bond donors (Lipinski definition) is 3. The molecule has 2 unspecified atom stereocenters. The van der Waals surface area contributed by atoms with Crippen LogP contribution in [-0.2, 0) is 4.79 Å². The van der Waals surface area contributed by atoms with Crippen molar-refractivity contribution in [3.63, 3.8) is 0 Å². The molecule has 0 saturated heterocycles. The third kappa shape index (κ3) is 4.64. The number of fused-ring (bicyclic) bond motifs is 1. The summed E-state index contributed by atoms with van der Waals surface area (Å²) in [7, 11) is 0. The minimum absolute atomic E-state index is 0.0252. The van der Waals surface area contributed by atoms with Crippen LogP contribution in [0.1, 0.15) is 65.7 Å². The van der Waals surface area contributed by atoms with E-state index in [1.807, 2.05) is 18.2 Å². The maximum atomic E-state index is 11.3. The largest absolute Gasteiger partial charge is 0.493 e. The molecule has 28 heavy (non-hydrogen) atoms. The van der Waals surface area contributed by atoms with Crippen LogP contribution in [0.5, 0.6) is 5.75 Å². The molecule has 1 aromatic heterocycles. The van der Waals surface area contributed by atoms with E-state index in [1.54, 1.807) is 5.48 Å². The van der Waals surface area contributed by atoms with E-state index in [-0.39, 0.29) is 23.3 Å². The highest BCUT2D eigenvalue weighted by molar-refractivity contribution is 5.92. The normalized spacial score (nSPS) is 16.1. The standard InChI is InChI=1S/C20H24N4O4/c21-19(26)13-10-22-20(23-11-13)15(7-2-1-3-9-18(25)24-27)16-12-28-17-8-5-4-6-14(16)17/h4-6,8,10-11,15-16,27H,1-3,7,9,12H2,(H2,21,26)(H,24,25). The Bertz CT molecular complexity index is 825. The molecule has 0 spiro atoms. The highest BCUT2D eigenvalue weighted by atomic mass is 16.5. The molecule has 0 radical (unpaired) electrons. The fourth-order valence-corrected chi connectivity index (χ4v) is 3.57. The number of nitrogens with two attached hydrogens (primary N) is 1. The van der Waals surface area contributed by atoms with E-state index in [0.29, 0.717) is 25.3 Å². The van der Waals surface area contributed by atoms with Gasteiger partial charge in [-0.15, -0.1) is 0 Å². The van der Waals surface area contributed by atoms with Crippen molar-refractivity contribution in [3.8, 4) is 5.75 Å². The third-order valence-corrected chi connectivity index (χ3v) is 5.05. The lowest BCUT2D eigenvalue weighted by Gasteiger charge is -2.21. The molecule has 0 aliphatic carbocycles. The Labute approximate surface area is 163 Å². The number of ether oxygens (including phenoxy) is 1. The van der Waals surface area contributed by atoms with Gasteiger partial charge in [0.15, 0.2) is 0 Å². The lowest BCUT2D eigenvalue weighted by molar-refractivity contribution is -0.129. The van der Waals surface area contributed by atoms with Crippen LogP contribution < -0.4 is 16.0 Å². The van der Waals surface area contributed by atoms with Gasteiger partial charge in [0, 0.05) is 36.2 Å². The maximum absolute atomic E-state index is 11.3. The van der Waals surface area contributed by atoms with Gasteiger partial charge in [0.1, 0.15) is 11.6 Å². The molecule has 2 aromatic rings. The van der Waals surface area contributed by atoms with Gasteiger partial charge >= 0.3 is 0 Å². The minimum atomic E-state index is -0.556. The summed E-state index contributed by atoms with van der Waals surface area (Å²) in [6, 6.07) is 7.95. The molecule has 1 aromatic carbocycles. The summed E-state index contributed by atoms with van der Waals surface area (Å²) >= 11 is 0. The Morgan fingerprint density at radius 2 is 1.96 bits per heavy atom. The minimum Gasteiger partial charge on any atom is -0.493 e. The van der Waals surface area contributed by atoms with Crippen molar-refractivity contribution in [2.45, 2.75) is 43.9 Å². The number of nitrogens with one attached hydrogen (secondary N) is 1. The van der Waals surface area contributed by atoms with Crippen molar-refractivity contribution >= 4 is 11.8 Å². The maximum Gasteiger partial charge on any atom is 0.251 e. The van der Waals surface area contributed by atoms with Crippen molar-refractivity contribution in [2.75, 3.05) is 6.61 Å². The van der Waals surface area contributed by atoms with E-state index in [1.165, 1.54) is 12.4 Å². The monoisotopic (exact) mass is 384 g/mol. The van der Waals surface area contributed by atoms with Crippen LogP contribution in [0.25, 0.3) is 0 Å². The number of unbranched alkanes of at least 4 members (excludes halogenated alkanes) is 2. The smallest absolute Gasteiger partial charge is 0.251 e. The number of nitrogens with zero attached hydrogens (tertiary/aromatic N) is 2. The molecule has 148 valence electrons. The van der Waals surface area contributed by atoms with Crippen LogP contribution in [0, 0.1) is 0 Å². The van der Waals surface area contributed by atoms with Crippen LogP contribution in [-0.4, -0.2) is 33.6 Å². The fourth-order valence-electron chi connectivity index (χ4n) is 3.57. The first-order valence-corrected chi connectivity index (χ1v) is 9.36. The number of amides is 2. The molecule has 0 fully saturated rings. The van der Waals surface area contributed by atoms with Gasteiger partial charge in [-0.3, -0.25) is 14.8 Å². The zero-order valence-electron chi connectivity index (χ0n) is 15.5. The summed E-state index contributed by atoms with van der Waals surface area (Å²) in [5.41, 5.74) is 8.35. The van der Waals surface area contributed by atoms with Gasteiger partial charge in [-0.2, -0.15) is 0 Å². The molecule has 2 amide bonds. The molecule has 2 atom stereocenters. The van der Waals surface area contributed by atoms with Gasteiger partial charge in [0.05, 0.1) is 12.2 Å². The van der Waals surface area contributed by atoms with E-state index in [9.17, 15) is 9.59 Å². The van der Waals surface area contributed by atoms with Gasteiger partial charge < -0.3 is 10.5 Å². The van der Waals surface area contributed by atoms with Crippen LogP contribution in [0.3, 0.4) is 0 Å². The summed E-state index contributed by atoms with van der Waals surface area (Å²) in [5, 5.41) is 8.56. The van der Waals surface area contributed by atoms with Crippen molar-refractivity contribution in [3.05, 3.63) is 53.6 Å². The number of rotatable bonds is 9. The predicted octanol–water partition coefficient (Wildman–Crippen LogP) is 2.29. The summed E-state index contributed by atoms with van der Waals surface area (Å²) in [4.78, 5) is 31.2. The average molecular weight is 384 g/mol. The number of para-hydroxylation sites is 1. The average Bonchev–Trinajstić information content (AvgIpc) is 3.14. The Hall–Kier alpha value is -3.00. The second-order valence-corrected chi connectivity index (χ2v) is 6.89. The third-order valence-electron chi connectivity index (χ3n) is 5.05. The molecule has 8 nitrogen and oxygen atoms in total. The summed E-state index contributed by atoms with van der Waals surface area (Å²) in [5.74, 6) is 0.753. The van der Waals surface area contributed by atoms with E-state index in [4.69, 9.17) is 15.7 Å². The molecular formula is C20H24N4O4. The Kier molecular flexibility index (Phi) is 6.54. The van der Waals surface area contributed by atoms with Crippen molar-refractivity contribution in [1.29, 1.82) is 0 Å². The van der Waals surface area contributed by atoms with Crippen molar-refractivity contribution in [1.82, 2.24) is 15.4 Å². The Morgan fingerprint density at radius 3 is 2.68 bits per heavy atom. The number of benzene rings is 1. The molecule has 1 aliphatic heterocycles. The number of hydroxylamine groups is 1. The van der Waals surface area contributed by atoms with Crippen LogP contribution in [0.15, 0.2) is 36.7 Å². The van der Waals surface area contributed by atoms with Crippen LogP contribution >= 0.6 is 0 Å². The summed E-state index contributed by atoms with van der Waals surface area (Å²) in [6.07, 6.45) is 6.45. The number of aromatic nitrogens is 2. The van der Waals surface area contributed by atoms with Crippen LogP contribution in [0.4, 0.5) is 0 Å². The number of carbonyl (C=O) groups is 2. The highest BCUT2D eigenvalue weighted by Gasteiger charge is 2.33. The number of carbonyl (C=O) groups excluding carboxylic acids is 2. The molecular weight excluding hydrogens is 360 g/mol. The molecule has 3 rings (SSSR count). The highest BCUT2D eigenvalue weighted by Crippen LogP contribution is 2.43. The summed E-state index contributed by atoms with van der Waals surface area (Å²) < 4.78 is 5.84. The molecule has 0 bridgehead atoms. The van der Waals surface area contributed by atoms with Gasteiger partial charge in [0.25, 0.3) is 5.91 Å². The van der Waals surface area contributed by atoms with Gasteiger partial charge in [-0.05, 0) is 18.9 Å². The first kappa shape index (κ1) is 19.8. The van der Waals surface area contributed by atoms with Gasteiger partial charge in [-0.25, -0.2) is 15.4 Å². The zero-order chi connectivity index (χ0) is 19.9. The Morgan fingerprint density at radius 1 is 1.21 bits per heavy atom. The molecule has 0 saturated carbocycles. The van der Waals surface area contributed by atoms with Crippen molar-refractivity contribution < 1.29 is 19.5 Å². The van der Waals surface area contributed by atoms with Gasteiger partial charge in [0.2, 0.25) is 5.91 Å². The van der Waals surface area contributed by atoms with Crippen molar-refractivity contribution in [2.24, 2.45) is 5.73 Å². The molecule has 1 aliphatic rings. The molecule has 4 N–H and O–H groups in total. The van der Waals surface area contributed by atoms with E-state index >= 15 is 0 Å². The quantitative estimate of drug-likeness (QED) is 0.346. The first-order valence-electron chi connectivity index (χ1n) is 9.36. The number of hydrogen-bond acceptors (Lipinski definition) is 6. The SMILES string of the molecule is NC(=O)c1cnc(C(CCCCCC(=O)NO)C2COc3ccccc32)nc1. The zero-order valence-corrected chi connectivity index (χ0v) is 15.5. The second-order valence-electron chi connectivity index (χ2n) is 6.89. The van der Waals surface area contributed by atoms with Gasteiger partial charge in [-0.1, -0.05) is 31.0 Å². The molecule has 8 heteroatoms. The van der Waals surface area contributed by atoms with Crippen LogP contribution in [0.2, 0.25) is 0 Å². The fraction of sp³-hybridized carbons (Fsp3) is 0.400.